The molecule has 5 nitrogen and oxygen atoms in total. The van der Waals surface area contributed by atoms with Crippen molar-refractivity contribution in [2.24, 2.45) is 0 Å². The number of alkyl halides is 3. The highest BCUT2D eigenvalue weighted by Gasteiger charge is 2.33. The van der Waals surface area contributed by atoms with Crippen molar-refractivity contribution in [1.29, 1.82) is 0 Å². The van der Waals surface area contributed by atoms with Crippen LogP contribution in [-0.4, -0.2) is 21.3 Å². The van der Waals surface area contributed by atoms with Crippen molar-refractivity contribution in [3.05, 3.63) is 57.8 Å². The van der Waals surface area contributed by atoms with Crippen LogP contribution in [0, 0.1) is 0 Å². The van der Waals surface area contributed by atoms with E-state index in [0.717, 1.165) is 0 Å². The van der Waals surface area contributed by atoms with Crippen molar-refractivity contribution in [2.75, 3.05) is 7.11 Å². The van der Waals surface area contributed by atoms with E-state index in [0.29, 0.717) is 17.4 Å². The molecule has 2 rings (SSSR count). The van der Waals surface area contributed by atoms with Gasteiger partial charge in [0.15, 0.2) is 5.69 Å². The smallest absolute Gasteiger partial charge is 0.433 e. The van der Waals surface area contributed by atoms with Crippen molar-refractivity contribution in [3.8, 4) is 5.75 Å². The fraction of sp³-hybridized carbons (Fsp3) is 0.286. The van der Waals surface area contributed by atoms with Gasteiger partial charge in [-0.2, -0.15) is 13.2 Å². The van der Waals surface area contributed by atoms with Gasteiger partial charge in [0.05, 0.1) is 18.6 Å². The van der Waals surface area contributed by atoms with E-state index in [1.54, 1.807) is 24.3 Å². The van der Waals surface area contributed by atoms with Crippen LogP contribution in [0.25, 0.3) is 0 Å². The minimum atomic E-state index is -4.73. The number of H-pyrrole nitrogens is 1. The second-order valence-electron chi connectivity index (χ2n) is 4.62. The summed E-state index contributed by atoms with van der Waals surface area (Å²) in [4.78, 5) is 16.8. The van der Waals surface area contributed by atoms with Crippen molar-refractivity contribution in [3.63, 3.8) is 0 Å². The Balaban J connectivity index is 2.18. The van der Waals surface area contributed by atoms with E-state index in [1.807, 2.05) is 0 Å². The van der Waals surface area contributed by atoms with Crippen LogP contribution in [0.1, 0.15) is 17.1 Å². The van der Waals surface area contributed by atoms with Gasteiger partial charge in [0.25, 0.3) is 5.56 Å². The number of hydrogen-bond donors (Lipinski definition) is 1. The molecule has 0 amide bonds. The van der Waals surface area contributed by atoms with E-state index in [-0.39, 0.29) is 17.3 Å². The fourth-order valence-corrected chi connectivity index (χ4v) is 3.05. The van der Waals surface area contributed by atoms with Gasteiger partial charge in [0.2, 0.25) is 0 Å². The Morgan fingerprint density at radius 2 is 1.96 bits per heavy atom. The Morgan fingerprint density at radius 3 is 2.61 bits per heavy atom. The van der Waals surface area contributed by atoms with Crippen LogP contribution in [0.15, 0.2) is 35.1 Å². The van der Waals surface area contributed by atoms with Gasteiger partial charge in [-0.15, -0.1) is 0 Å². The normalized spacial score (nSPS) is 12.9. The van der Waals surface area contributed by atoms with Crippen molar-refractivity contribution < 1.29 is 22.1 Å². The second kappa shape index (κ2) is 6.95. The maximum atomic E-state index is 12.6. The number of benzene rings is 1. The Hall–Kier alpha value is -2.16. The van der Waals surface area contributed by atoms with Crippen LogP contribution in [0.2, 0.25) is 0 Å². The van der Waals surface area contributed by atoms with Gasteiger partial charge < -0.3 is 9.72 Å². The number of methoxy groups -OCH3 is 1. The predicted octanol–water partition coefficient (Wildman–Crippen LogP) is 2.25. The van der Waals surface area contributed by atoms with E-state index in [1.165, 1.54) is 7.11 Å². The van der Waals surface area contributed by atoms with Gasteiger partial charge in [-0.3, -0.25) is 9.00 Å². The molecule has 0 fully saturated rings. The Bertz CT molecular complexity index is 774. The zero-order valence-corrected chi connectivity index (χ0v) is 12.8. The van der Waals surface area contributed by atoms with Gasteiger partial charge in [-0.05, 0) is 6.07 Å². The summed E-state index contributed by atoms with van der Waals surface area (Å²) in [5, 5.41) is 0. The molecule has 0 aliphatic heterocycles. The van der Waals surface area contributed by atoms with Crippen molar-refractivity contribution >= 4 is 10.8 Å². The zero-order chi connectivity index (χ0) is 17.0. The first-order chi connectivity index (χ1) is 10.8. The summed E-state index contributed by atoms with van der Waals surface area (Å²) < 4.78 is 55.1. The van der Waals surface area contributed by atoms with Gasteiger partial charge >= 0.3 is 6.18 Å². The molecule has 9 heteroatoms. The number of para-hydroxylation sites is 1. The molecular formula is C14H13F3N2O3S. The summed E-state index contributed by atoms with van der Waals surface area (Å²) in [7, 11) is -0.0913. The summed E-state index contributed by atoms with van der Waals surface area (Å²) in [6, 6.07) is 7.25. The lowest BCUT2D eigenvalue weighted by molar-refractivity contribution is -0.141. The van der Waals surface area contributed by atoms with Crippen LogP contribution < -0.4 is 10.3 Å². The minimum absolute atomic E-state index is 0.0734. The molecule has 0 radical (unpaired) electrons. The number of nitrogens with one attached hydrogen (secondary N) is 1. The van der Waals surface area contributed by atoms with E-state index in [9.17, 15) is 22.2 Å². The molecule has 0 saturated heterocycles. The molecule has 1 N–H and O–H groups in total. The topological polar surface area (TPSA) is 72.0 Å². The fourth-order valence-electron chi connectivity index (χ4n) is 1.92. The average Bonchev–Trinajstić information content (AvgIpc) is 2.46. The first-order valence-corrected chi connectivity index (χ1v) is 7.92. The van der Waals surface area contributed by atoms with E-state index < -0.39 is 28.2 Å². The molecule has 1 atom stereocenters. The van der Waals surface area contributed by atoms with Crippen LogP contribution in [0.5, 0.6) is 5.75 Å². The lowest BCUT2D eigenvalue weighted by Gasteiger charge is -2.09. The largest absolute Gasteiger partial charge is 0.496 e. The summed E-state index contributed by atoms with van der Waals surface area (Å²) in [6.07, 6.45) is -4.73. The van der Waals surface area contributed by atoms with Crippen molar-refractivity contribution in [1.82, 2.24) is 9.97 Å². The molecule has 0 saturated carbocycles. The van der Waals surface area contributed by atoms with Gasteiger partial charge in [0.1, 0.15) is 11.6 Å². The molecule has 2 aromatic rings. The summed E-state index contributed by atoms with van der Waals surface area (Å²) in [5.41, 5.74) is -1.58. The Labute approximate surface area is 132 Å². The quantitative estimate of drug-likeness (QED) is 0.901. The number of hydrogen-bond acceptors (Lipinski definition) is 4. The Kier molecular flexibility index (Phi) is 5.19. The maximum Gasteiger partial charge on any atom is 0.433 e. The third-order valence-corrected chi connectivity index (χ3v) is 4.12. The number of halogens is 3. The molecular weight excluding hydrogens is 333 g/mol. The van der Waals surface area contributed by atoms with E-state index in [2.05, 4.69) is 9.97 Å². The van der Waals surface area contributed by atoms with Gasteiger partial charge in [-0.1, -0.05) is 18.2 Å². The van der Waals surface area contributed by atoms with E-state index in [4.69, 9.17) is 4.74 Å². The molecule has 0 aliphatic carbocycles. The molecule has 0 aliphatic rings. The monoisotopic (exact) mass is 346 g/mol. The number of aromatic amines is 1. The van der Waals surface area contributed by atoms with Crippen molar-refractivity contribution in [2.45, 2.75) is 17.7 Å². The minimum Gasteiger partial charge on any atom is -0.496 e. The summed E-state index contributed by atoms with van der Waals surface area (Å²) >= 11 is 0. The molecule has 124 valence electrons. The molecule has 0 spiro atoms. The molecule has 1 aromatic carbocycles. The maximum absolute atomic E-state index is 12.6. The lowest BCUT2D eigenvalue weighted by Crippen LogP contribution is -2.19. The third-order valence-electron chi connectivity index (χ3n) is 2.89. The summed E-state index contributed by atoms with van der Waals surface area (Å²) in [6.45, 7) is 0. The highest BCUT2D eigenvalue weighted by Crippen LogP contribution is 2.26. The predicted molar refractivity (Wildman–Crippen MR) is 78.4 cm³/mol. The first-order valence-electron chi connectivity index (χ1n) is 6.44. The number of nitrogens with zero attached hydrogens (tertiary/aromatic N) is 1. The SMILES string of the molecule is COc1ccccc1CS(=O)Cc1nc(C(F)(F)F)cc(=O)[nH]1. The summed E-state index contributed by atoms with van der Waals surface area (Å²) in [5.74, 6) is 0.0469. The standard InChI is InChI=1S/C14H13F3N2O3S/c1-22-10-5-3-2-4-9(10)7-23(21)8-12-18-11(14(15,16)17)6-13(20)19-12/h2-6H,7-8H2,1H3,(H,18,19,20). The first kappa shape index (κ1) is 17.2. The van der Waals surface area contributed by atoms with Gasteiger partial charge in [0, 0.05) is 22.4 Å². The zero-order valence-electron chi connectivity index (χ0n) is 12.0. The van der Waals surface area contributed by atoms with E-state index >= 15 is 0 Å². The number of aromatic nitrogens is 2. The number of rotatable bonds is 5. The number of ether oxygens (including phenoxy) is 1. The average molecular weight is 346 g/mol. The van der Waals surface area contributed by atoms with Crippen LogP contribution in [0.4, 0.5) is 13.2 Å². The molecule has 23 heavy (non-hydrogen) atoms. The van der Waals surface area contributed by atoms with Crippen LogP contribution in [-0.2, 0) is 28.5 Å². The lowest BCUT2D eigenvalue weighted by atomic mass is 10.2. The second-order valence-corrected chi connectivity index (χ2v) is 6.07. The van der Waals surface area contributed by atoms with Gasteiger partial charge in [-0.25, -0.2) is 4.98 Å². The Morgan fingerprint density at radius 1 is 1.26 bits per heavy atom. The molecule has 1 heterocycles. The van der Waals surface area contributed by atoms with Crippen LogP contribution in [0.3, 0.4) is 0 Å². The highest BCUT2D eigenvalue weighted by atomic mass is 32.2. The van der Waals surface area contributed by atoms with Crippen LogP contribution >= 0.6 is 0 Å². The third kappa shape index (κ3) is 4.65. The highest BCUT2D eigenvalue weighted by molar-refractivity contribution is 7.83. The molecule has 0 bridgehead atoms. The molecule has 1 aromatic heterocycles. The molecule has 1 unspecified atom stereocenters.